The van der Waals surface area contributed by atoms with Gasteiger partial charge in [-0.25, -0.2) is 0 Å². The maximum atomic E-state index is 3.70. The van der Waals surface area contributed by atoms with Crippen molar-refractivity contribution in [2.24, 2.45) is 5.92 Å². The molecule has 1 N–H and O–H groups in total. The fourth-order valence-electron chi connectivity index (χ4n) is 2.59. The average Bonchev–Trinajstić information content (AvgIpc) is 2.81. The van der Waals surface area contributed by atoms with Gasteiger partial charge >= 0.3 is 0 Å². The van der Waals surface area contributed by atoms with Gasteiger partial charge < -0.3 is 5.32 Å². The molecule has 16 heavy (non-hydrogen) atoms. The lowest BCUT2D eigenvalue weighted by Gasteiger charge is -2.24. The molecule has 0 radical (unpaired) electrons. The van der Waals surface area contributed by atoms with Crippen molar-refractivity contribution < 1.29 is 0 Å². The highest BCUT2D eigenvalue weighted by atomic mass is 32.1. The topological polar surface area (TPSA) is 12.0 Å². The first-order valence-electron chi connectivity index (χ1n) is 6.59. The van der Waals surface area contributed by atoms with Gasteiger partial charge in [-0.15, -0.1) is 0 Å². The van der Waals surface area contributed by atoms with E-state index in [1.54, 1.807) is 11.3 Å². The average molecular weight is 237 g/mol. The lowest BCUT2D eigenvalue weighted by molar-refractivity contribution is 0.330. The van der Waals surface area contributed by atoms with E-state index in [1.807, 2.05) is 0 Å². The van der Waals surface area contributed by atoms with E-state index in [0.717, 1.165) is 5.92 Å². The molecule has 1 aromatic heterocycles. The highest BCUT2D eigenvalue weighted by Crippen LogP contribution is 2.22. The van der Waals surface area contributed by atoms with Gasteiger partial charge in [0.1, 0.15) is 0 Å². The van der Waals surface area contributed by atoms with E-state index in [1.165, 1.54) is 50.6 Å². The van der Waals surface area contributed by atoms with Crippen LogP contribution in [0.5, 0.6) is 0 Å². The van der Waals surface area contributed by atoms with Gasteiger partial charge in [0, 0.05) is 6.04 Å². The summed E-state index contributed by atoms with van der Waals surface area (Å²) in [4.78, 5) is 0. The molecule has 1 aromatic rings. The second-order valence-corrected chi connectivity index (χ2v) is 5.93. The molecule has 1 saturated carbocycles. The molecular weight excluding hydrogens is 214 g/mol. The molecule has 1 fully saturated rings. The normalized spacial score (nSPS) is 19.8. The van der Waals surface area contributed by atoms with Crippen LogP contribution in [0.1, 0.15) is 44.6 Å². The highest BCUT2D eigenvalue weighted by Gasteiger charge is 2.14. The Hall–Kier alpha value is -0.340. The second-order valence-electron chi connectivity index (χ2n) is 5.15. The fourth-order valence-corrected chi connectivity index (χ4v) is 3.28. The van der Waals surface area contributed by atoms with Crippen LogP contribution >= 0.6 is 11.3 Å². The molecular formula is C14H23NS. The summed E-state index contributed by atoms with van der Waals surface area (Å²) in [6, 6.07) is 2.86. The van der Waals surface area contributed by atoms with Crippen LogP contribution < -0.4 is 5.32 Å². The van der Waals surface area contributed by atoms with Crippen LogP contribution in [-0.4, -0.2) is 12.6 Å². The number of hydrogen-bond acceptors (Lipinski definition) is 2. The third kappa shape index (κ3) is 3.91. The first-order valence-corrected chi connectivity index (χ1v) is 7.53. The zero-order chi connectivity index (χ0) is 11.2. The number of nitrogens with one attached hydrogen (secondary N) is 1. The predicted octanol–water partition coefficient (Wildman–Crippen LogP) is 3.85. The summed E-state index contributed by atoms with van der Waals surface area (Å²) in [6.45, 7) is 3.53. The molecule has 90 valence electrons. The van der Waals surface area contributed by atoms with Gasteiger partial charge in [-0.2, -0.15) is 11.3 Å². The first-order chi connectivity index (χ1) is 7.84. The van der Waals surface area contributed by atoms with Gasteiger partial charge in [-0.3, -0.25) is 0 Å². The minimum atomic E-state index is 0.622. The highest BCUT2D eigenvalue weighted by molar-refractivity contribution is 7.07. The summed E-state index contributed by atoms with van der Waals surface area (Å²) < 4.78 is 0. The Morgan fingerprint density at radius 3 is 2.88 bits per heavy atom. The van der Waals surface area contributed by atoms with Crippen LogP contribution in [-0.2, 0) is 6.42 Å². The molecule has 0 spiro atoms. The van der Waals surface area contributed by atoms with Crippen molar-refractivity contribution in [3.05, 3.63) is 22.4 Å². The minimum absolute atomic E-state index is 0.622. The zero-order valence-electron chi connectivity index (χ0n) is 10.2. The largest absolute Gasteiger partial charge is 0.314 e. The molecule has 2 heteroatoms. The van der Waals surface area contributed by atoms with Crippen molar-refractivity contribution in [1.82, 2.24) is 5.32 Å². The zero-order valence-corrected chi connectivity index (χ0v) is 11.1. The van der Waals surface area contributed by atoms with Crippen molar-refractivity contribution in [2.75, 3.05) is 6.54 Å². The van der Waals surface area contributed by atoms with Crippen LogP contribution in [0, 0.1) is 5.92 Å². The first kappa shape index (κ1) is 12.1. The predicted molar refractivity (Wildman–Crippen MR) is 72.1 cm³/mol. The van der Waals surface area contributed by atoms with Crippen molar-refractivity contribution >= 4 is 11.3 Å². The fraction of sp³-hybridized carbons (Fsp3) is 0.714. The third-order valence-electron chi connectivity index (χ3n) is 3.60. The monoisotopic (exact) mass is 237 g/mol. The summed E-state index contributed by atoms with van der Waals surface area (Å²) in [7, 11) is 0. The molecule has 1 unspecified atom stereocenters. The molecule has 0 saturated heterocycles. The molecule has 0 aromatic carbocycles. The van der Waals surface area contributed by atoms with Crippen LogP contribution in [0.3, 0.4) is 0 Å². The lowest BCUT2D eigenvalue weighted by atomic mass is 9.89. The molecule has 1 aliphatic rings. The van der Waals surface area contributed by atoms with Gasteiger partial charge in [0.15, 0.2) is 0 Å². The Kier molecular flexibility index (Phi) is 4.86. The molecule has 1 aliphatic carbocycles. The molecule has 1 heterocycles. The summed E-state index contributed by atoms with van der Waals surface area (Å²) in [5.41, 5.74) is 1.48. The van der Waals surface area contributed by atoms with Crippen LogP contribution in [0.25, 0.3) is 0 Å². The van der Waals surface area contributed by atoms with Gasteiger partial charge in [0.05, 0.1) is 0 Å². The third-order valence-corrected chi connectivity index (χ3v) is 4.33. The van der Waals surface area contributed by atoms with E-state index in [9.17, 15) is 0 Å². The van der Waals surface area contributed by atoms with Crippen molar-refractivity contribution in [3.8, 4) is 0 Å². The molecule has 0 amide bonds. The van der Waals surface area contributed by atoms with Crippen LogP contribution in [0.15, 0.2) is 16.8 Å². The lowest BCUT2D eigenvalue weighted by Crippen LogP contribution is -2.33. The van der Waals surface area contributed by atoms with E-state index in [0.29, 0.717) is 6.04 Å². The molecule has 0 bridgehead atoms. The van der Waals surface area contributed by atoms with Gasteiger partial charge in [0.25, 0.3) is 0 Å². The summed E-state index contributed by atoms with van der Waals surface area (Å²) in [5, 5.41) is 8.13. The molecule has 1 atom stereocenters. The Morgan fingerprint density at radius 1 is 1.38 bits per heavy atom. The SMILES string of the molecule is CC(Cc1ccsc1)NCC1CCCCC1. The van der Waals surface area contributed by atoms with Crippen LogP contribution in [0.4, 0.5) is 0 Å². The molecule has 1 nitrogen and oxygen atoms in total. The van der Waals surface area contributed by atoms with E-state index in [4.69, 9.17) is 0 Å². The van der Waals surface area contributed by atoms with E-state index in [2.05, 4.69) is 29.1 Å². The standard InChI is InChI=1S/C14H23NS/c1-12(9-14-7-8-16-11-14)15-10-13-5-3-2-4-6-13/h7-8,11-13,15H,2-6,9-10H2,1H3. The maximum Gasteiger partial charge on any atom is 0.00795 e. The van der Waals surface area contributed by atoms with E-state index in [-0.39, 0.29) is 0 Å². The van der Waals surface area contributed by atoms with E-state index < -0.39 is 0 Å². The summed E-state index contributed by atoms with van der Waals surface area (Å²) in [5.74, 6) is 0.943. The van der Waals surface area contributed by atoms with Crippen molar-refractivity contribution in [1.29, 1.82) is 0 Å². The Morgan fingerprint density at radius 2 is 2.19 bits per heavy atom. The maximum absolute atomic E-state index is 3.70. The number of thiophene rings is 1. The Labute approximate surface area is 103 Å². The second kappa shape index (κ2) is 6.41. The van der Waals surface area contributed by atoms with Crippen molar-refractivity contribution in [3.63, 3.8) is 0 Å². The van der Waals surface area contributed by atoms with Gasteiger partial charge in [-0.05, 0) is 61.0 Å². The Balaban J connectivity index is 1.65. The summed E-state index contributed by atoms with van der Waals surface area (Å²) in [6.07, 6.45) is 8.42. The smallest absolute Gasteiger partial charge is 0.00795 e. The van der Waals surface area contributed by atoms with E-state index >= 15 is 0 Å². The molecule has 0 aliphatic heterocycles. The van der Waals surface area contributed by atoms with Gasteiger partial charge in [-0.1, -0.05) is 19.3 Å². The quantitative estimate of drug-likeness (QED) is 0.820. The Bertz CT molecular complexity index is 275. The number of hydrogen-bond donors (Lipinski definition) is 1. The summed E-state index contributed by atoms with van der Waals surface area (Å²) >= 11 is 1.80. The van der Waals surface area contributed by atoms with Crippen LogP contribution in [0.2, 0.25) is 0 Å². The van der Waals surface area contributed by atoms with Gasteiger partial charge in [0.2, 0.25) is 0 Å². The minimum Gasteiger partial charge on any atom is -0.314 e. The number of rotatable bonds is 5. The van der Waals surface area contributed by atoms with Crippen molar-refractivity contribution in [2.45, 2.75) is 51.5 Å². The molecule has 2 rings (SSSR count).